The monoisotopic (exact) mass is 198 g/mol. The van der Waals surface area contributed by atoms with Crippen LogP contribution in [-0.4, -0.2) is 11.5 Å². The lowest BCUT2D eigenvalue weighted by Crippen LogP contribution is -2.35. The standard InChI is InChI=1S/C9H8BF3N/c1-14-6-5-7-3-2-4-8(9(7)14)10(11,12)13/h2-6H,1H3/q-1. The highest BCUT2D eigenvalue weighted by Gasteiger charge is 2.28. The van der Waals surface area contributed by atoms with Gasteiger partial charge in [0.15, 0.2) is 0 Å². The molecule has 0 fully saturated rings. The van der Waals surface area contributed by atoms with E-state index in [1.54, 1.807) is 25.4 Å². The first-order valence-electron chi connectivity index (χ1n) is 4.24. The zero-order chi connectivity index (χ0) is 10.3. The molecule has 0 bridgehead atoms. The van der Waals surface area contributed by atoms with Gasteiger partial charge < -0.3 is 17.5 Å². The molecule has 1 aromatic carbocycles. The maximum Gasteiger partial charge on any atom is 0.511 e. The lowest BCUT2D eigenvalue weighted by atomic mass is 9.79. The van der Waals surface area contributed by atoms with E-state index in [-0.39, 0.29) is 5.52 Å². The maximum absolute atomic E-state index is 12.6. The Balaban J connectivity index is 2.82. The molecule has 1 heterocycles. The molecule has 0 radical (unpaired) electrons. The summed E-state index contributed by atoms with van der Waals surface area (Å²) >= 11 is 0. The van der Waals surface area contributed by atoms with Gasteiger partial charge >= 0.3 is 6.98 Å². The predicted molar refractivity (Wildman–Crippen MR) is 51.6 cm³/mol. The van der Waals surface area contributed by atoms with Crippen LogP contribution in [0.5, 0.6) is 0 Å². The Morgan fingerprint density at radius 2 is 1.86 bits per heavy atom. The largest absolute Gasteiger partial charge is 0.511 e. The van der Waals surface area contributed by atoms with Gasteiger partial charge in [0.25, 0.3) is 0 Å². The molecule has 2 rings (SSSR count). The smallest absolute Gasteiger partial charge is 0.445 e. The van der Waals surface area contributed by atoms with Gasteiger partial charge in [0, 0.05) is 18.8 Å². The van der Waals surface area contributed by atoms with Crippen molar-refractivity contribution in [3.8, 4) is 0 Å². The summed E-state index contributed by atoms with van der Waals surface area (Å²) in [5, 5.41) is 0.629. The predicted octanol–water partition coefficient (Wildman–Crippen LogP) is 2.23. The third-order valence-corrected chi connectivity index (χ3v) is 2.28. The average molecular weight is 198 g/mol. The van der Waals surface area contributed by atoms with E-state index in [9.17, 15) is 12.9 Å². The van der Waals surface area contributed by atoms with Crippen molar-refractivity contribution in [1.29, 1.82) is 0 Å². The van der Waals surface area contributed by atoms with Gasteiger partial charge in [-0.25, -0.2) is 0 Å². The summed E-state index contributed by atoms with van der Waals surface area (Å²) in [5.74, 6) is 0. The van der Waals surface area contributed by atoms with Crippen molar-refractivity contribution >= 4 is 23.3 Å². The molecule has 0 spiro atoms. The summed E-state index contributed by atoms with van der Waals surface area (Å²) in [4.78, 5) is 0. The lowest BCUT2D eigenvalue weighted by molar-refractivity contribution is 0.501. The zero-order valence-corrected chi connectivity index (χ0v) is 7.55. The summed E-state index contributed by atoms with van der Waals surface area (Å²) in [7, 11) is 1.62. The SMILES string of the molecule is Cn1ccc2cccc([B-](F)(F)F)c21. The zero-order valence-electron chi connectivity index (χ0n) is 7.55. The summed E-state index contributed by atoms with van der Waals surface area (Å²) in [6.45, 7) is -4.93. The third kappa shape index (κ3) is 1.29. The fourth-order valence-corrected chi connectivity index (χ4v) is 1.65. The van der Waals surface area contributed by atoms with Crippen molar-refractivity contribution in [2.45, 2.75) is 0 Å². The van der Waals surface area contributed by atoms with Gasteiger partial charge in [-0.1, -0.05) is 23.7 Å². The molecule has 0 unspecified atom stereocenters. The van der Waals surface area contributed by atoms with Gasteiger partial charge in [0.1, 0.15) is 0 Å². The molecule has 1 aromatic heterocycles. The highest BCUT2D eigenvalue weighted by molar-refractivity contribution is 6.75. The van der Waals surface area contributed by atoms with Crippen LogP contribution in [0.3, 0.4) is 0 Å². The van der Waals surface area contributed by atoms with Crippen LogP contribution in [0, 0.1) is 0 Å². The van der Waals surface area contributed by atoms with Gasteiger partial charge in [-0.3, -0.25) is 0 Å². The average Bonchev–Trinajstić information content (AvgIpc) is 2.46. The Kier molecular flexibility index (Phi) is 1.84. The molecule has 0 saturated carbocycles. The summed E-state index contributed by atoms with van der Waals surface area (Å²) in [6, 6.07) is 5.93. The number of rotatable bonds is 1. The number of hydrogen-bond acceptors (Lipinski definition) is 0. The van der Waals surface area contributed by atoms with Gasteiger partial charge in [-0.15, -0.1) is 0 Å². The van der Waals surface area contributed by atoms with Gasteiger partial charge in [-0.2, -0.15) is 0 Å². The topological polar surface area (TPSA) is 4.93 Å². The van der Waals surface area contributed by atoms with Gasteiger partial charge in [-0.05, 0) is 11.5 Å². The molecule has 2 aromatic rings. The fraction of sp³-hybridized carbons (Fsp3) is 0.111. The molecular formula is C9H8BF3N-. The lowest BCUT2D eigenvalue weighted by Gasteiger charge is -2.17. The first-order valence-corrected chi connectivity index (χ1v) is 4.24. The Morgan fingerprint density at radius 3 is 2.50 bits per heavy atom. The molecule has 1 nitrogen and oxygen atoms in total. The Bertz CT molecular complexity index is 472. The second kappa shape index (κ2) is 2.80. The van der Waals surface area contributed by atoms with Crippen molar-refractivity contribution in [3.05, 3.63) is 30.5 Å². The molecule has 0 atom stereocenters. The normalized spacial score (nSPS) is 12.3. The van der Waals surface area contributed by atoms with Crippen molar-refractivity contribution in [2.75, 3.05) is 0 Å². The molecule has 0 amide bonds. The Hall–Kier alpha value is -1.39. The third-order valence-electron chi connectivity index (χ3n) is 2.28. The van der Waals surface area contributed by atoms with E-state index < -0.39 is 12.4 Å². The molecular weight excluding hydrogens is 190 g/mol. The van der Waals surface area contributed by atoms with E-state index >= 15 is 0 Å². The van der Waals surface area contributed by atoms with E-state index in [1.165, 1.54) is 10.6 Å². The van der Waals surface area contributed by atoms with Crippen molar-refractivity contribution in [2.24, 2.45) is 7.05 Å². The Morgan fingerprint density at radius 1 is 1.14 bits per heavy atom. The minimum Gasteiger partial charge on any atom is -0.445 e. The molecule has 5 heteroatoms. The van der Waals surface area contributed by atoms with E-state index in [4.69, 9.17) is 0 Å². The van der Waals surface area contributed by atoms with E-state index in [0.29, 0.717) is 5.39 Å². The first-order chi connectivity index (χ1) is 6.50. The number of halogens is 3. The van der Waals surface area contributed by atoms with Crippen molar-refractivity contribution < 1.29 is 12.9 Å². The quantitative estimate of drug-likeness (QED) is 0.619. The minimum atomic E-state index is -4.93. The first kappa shape index (κ1) is 9.18. The number of para-hydroxylation sites is 1. The highest BCUT2D eigenvalue weighted by atomic mass is 19.4. The van der Waals surface area contributed by atoms with Crippen LogP contribution < -0.4 is 5.46 Å². The fourth-order valence-electron chi connectivity index (χ4n) is 1.65. The van der Waals surface area contributed by atoms with Gasteiger partial charge in [0.05, 0.1) is 0 Å². The molecule has 0 N–H and O–H groups in total. The van der Waals surface area contributed by atoms with Crippen LogP contribution in [0.25, 0.3) is 10.9 Å². The van der Waals surface area contributed by atoms with Crippen LogP contribution in [0.1, 0.15) is 0 Å². The number of fused-ring (bicyclic) bond motifs is 1. The van der Waals surface area contributed by atoms with Crippen molar-refractivity contribution in [1.82, 2.24) is 4.57 Å². The van der Waals surface area contributed by atoms with Crippen LogP contribution in [0.4, 0.5) is 12.9 Å². The Labute approximate surface area is 79.2 Å². The molecule has 0 saturated heterocycles. The highest BCUT2D eigenvalue weighted by Crippen LogP contribution is 2.18. The molecule has 0 aliphatic rings. The minimum absolute atomic E-state index is 0.264. The van der Waals surface area contributed by atoms with Crippen LogP contribution in [-0.2, 0) is 7.05 Å². The molecule has 0 aliphatic heterocycles. The molecule has 74 valence electrons. The van der Waals surface area contributed by atoms with Crippen molar-refractivity contribution in [3.63, 3.8) is 0 Å². The number of nitrogens with zero attached hydrogens (tertiary/aromatic N) is 1. The van der Waals surface area contributed by atoms with Crippen LogP contribution in [0.2, 0.25) is 0 Å². The number of aryl methyl sites for hydroxylation is 1. The number of benzene rings is 1. The van der Waals surface area contributed by atoms with Crippen LogP contribution >= 0.6 is 0 Å². The molecule has 14 heavy (non-hydrogen) atoms. The van der Waals surface area contributed by atoms with Crippen LogP contribution in [0.15, 0.2) is 30.5 Å². The van der Waals surface area contributed by atoms with Gasteiger partial charge in [0.2, 0.25) is 0 Å². The van der Waals surface area contributed by atoms with E-state index in [2.05, 4.69) is 0 Å². The summed E-state index contributed by atoms with van der Waals surface area (Å²) in [6.07, 6.45) is 1.63. The second-order valence-corrected chi connectivity index (χ2v) is 3.29. The number of aromatic nitrogens is 1. The second-order valence-electron chi connectivity index (χ2n) is 3.29. The maximum atomic E-state index is 12.6. The summed E-state index contributed by atoms with van der Waals surface area (Å²) < 4.78 is 39.4. The van der Waals surface area contributed by atoms with E-state index in [1.807, 2.05) is 0 Å². The molecule has 0 aliphatic carbocycles. The van der Waals surface area contributed by atoms with E-state index in [0.717, 1.165) is 6.07 Å². The summed E-state index contributed by atoms with van der Waals surface area (Å²) in [5.41, 5.74) is -0.255. The number of hydrogen-bond donors (Lipinski definition) is 0.